The fourth-order valence-corrected chi connectivity index (χ4v) is 3.95. The molecule has 22 heavy (non-hydrogen) atoms. The van der Waals surface area contributed by atoms with Crippen LogP contribution in [-0.4, -0.2) is 10.5 Å². The Hall–Kier alpha value is -2.05. The van der Waals surface area contributed by atoms with Gasteiger partial charge in [-0.25, -0.2) is 4.39 Å². The van der Waals surface area contributed by atoms with Crippen molar-refractivity contribution < 1.29 is 9.18 Å². The third-order valence-corrected chi connectivity index (χ3v) is 5.01. The lowest BCUT2D eigenvalue weighted by Gasteiger charge is -2.01. The highest BCUT2D eigenvalue weighted by Gasteiger charge is 2.11. The molecule has 0 fully saturated rings. The molecule has 0 aliphatic carbocycles. The van der Waals surface area contributed by atoms with Crippen LogP contribution in [0.25, 0.3) is 10.2 Å². The SMILES string of the molecule is C=CCn1c(=NC(=O)Cc2cccs2)sc2cccc(F)c21. The number of hydrogen-bond donors (Lipinski definition) is 0. The average molecular weight is 332 g/mol. The van der Waals surface area contributed by atoms with Crippen molar-refractivity contribution in [2.75, 3.05) is 0 Å². The van der Waals surface area contributed by atoms with Gasteiger partial charge in [0.15, 0.2) is 4.80 Å². The van der Waals surface area contributed by atoms with E-state index in [9.17, 15) is 9.18 Å². The Morgan fingerprint density at radius 3 is 2.95 bits per heavy atom. The van der Waals surface area contributed by atoms with Crippen LogP contribution in [0.5, 0.6) is 0 Å². The van der Waals surface area contributed by atoms with Crippen LogP contribution in [0.2, 0.25) is 0 Å². The third-order valence-electron chi connectivity index (χ3n) is 3.09. The minimum absolute atomic E-state index is 0.229. The summed E-state index contributed by atoms with van der Waals surface area (Å²) in [7, 11) is 0. The molecule has 0 radical (unpaired) electrons. The van der Waals surface area contributed by atoms with Gasteiger partial charge >= 0.3 is 0 Å². The summed E-state index contributed by atoms with van der Waals surface area (Å²) in [6.45, 7) is 4.10. The number of allylic oxidation sites excluding steroid dienone is 1. The number of aromatic nitrogens is 1. The minimum atomic E-state index is -0.317. The molecule has 0 atom stereocenters. The van der Waals surface area contributed by atoms with Crippen molar-refractivity contribution in [1.82, 2.24) is 4.57 Å². The Morgan fingerprint density at radius 1 is 1.36 bits per heavy atom. The van der Waals surface area contributed by atoms with Crippen molar-refractivity contribution in [3.8, 4) is 0 Å². The van der Waals surface area contributed by atoms with Gasteiger partial charge in [-0.1, -0.05) is 29.5 Å². The zero-order valence-corrected chi connectivity index (χ0v) is 13.3. The zero-order valence-electron chi connectivity index (χ0n) is 11.7. The van der Waals surface area contributed by atoms with E-state index in [0.717, 1.165) is 9.58 Å². The molecule has 0 unspecified atom stereocenters. The smallest absolute Gasteiger partial charge is 0.253 e. The van der Waals surface area contributed by atoms with Gasteiger partial charge in [-0.15, -0.1) is 17.9 Å². The first-order valence-electron chi connectivity index (χ1n) is 6.67. The molecule has 2 aromatic heterocycles. The van der Waals surface area contributed by atoms with Crippen LogP contribution in [0.1, 0.15) is 4.88 Å². The summed E-state index contributed by atoms with van der Waals surface area (Å²) >= 11 is 2.83. The molecule has 0 bridgehead atoms. The Labute approximate surface area is 134 Å². The lowest BCUT2D eigenvalue weighted by Crippen LogP contribution is -2.17. The van der Waals surface area contributed by atoms with Gasteiger partial charge in [0.2, 0.25) is 0 Å². The molecule has 2 heterocycles. The number of carbonyl (C=O) groups excluding carboxylic acids is 1. The second-order valence-corrected chi connectivity index (χ2v) is 6.67. The first kappa shape index (κ1) is 14.9. The number of para-hydroxylation sites is 1. The second kappa shape index (κ2) is 6.37. The molecular formula is C16H13FN2OS2. The van der Waals surface area contributed by atoms with Crippen LogP contribution < -0.4 is 4.80 Å². The number of carbonyl (C=O) groups is 1. The fraction of sp³-hybridized carbons (Fsp3) is 0.125. The first-order chi connectivity index (χ1) is 10.7. The molecule has 3 aromatic rings. The van der Waals surface area contributed by atoms with Crippen LogP contribution in [0, 0.1) is 5.82 Å². The predicted octanol–water partition coefficient (Wildman–Crippen LogP) is 3.76. The number of nitrogens with zero attached hydrogens (tertiary/aromatic N) is 2. The number of benzene rings is 1. The Balaban J connectivity index is 2.07. The van der Waals surface area contributed by atoms with Crippen molar-refractivity contribution in [2.24, 2.45) is 4.99 Å². The number of thiazole rings is 1. The van der Waals surface area contributed by atoms with E-state index in [1.807, 2.05) is 23.6 Å². The van der Waals surface area contributed by atoms with Gasteiger partial charge in [-0.3, -0.25) is 4.79 Å². The normalized spacial score (nSPS) is 12.0. The topological polar surface area (TPSA) is 34.4 Å². The monoisotopic (exact) mass is 332 g/mol. The van der Waals surface area contributed by atoms with Crippen molar-refractivity contribution in [1.29, 1.82) is 0 Å². The molecule has 0 aliphatic rings. The van der Waals surface area contributed by atoms with Gasteiger partial charge in [-0.2, -0.15) is 4.99 Å². The van der Waals surface area contributed by atoms with E-state index in [1.54, 1.807) is 16.7 Å². The molecule has 0 saturated carbocycles. The van der Waals surface area contributed by atoms with Crippen molar-refractivity contribution in [2.45, 2.75) is 13.0 Å². The lowest BCUT2D eigenvalue weighted by atomic mass is 10.3. The van der Waals surface area contributed by atoms with Crippen LogP contribution in [0.15, 0.2) is 53.4 Å². The number of thiophene rings is 1. The molecule has 3 rings (SSSR count). The lowest BCUT2D eigenvalue weighted by molar-refractivity contribution is -0.117. The highest BCUT2D eigenvalue weighted by Crippen LogP contribution is 2.20. The predicted molar refractivity (Wildman–Crippen MR) is 88.6 cm³/mol. The summed E-state index contributed by atoms with van der Waals surface area (Å²) in [4.78, 5) is 17.7. The maximum atomic E-state index is 14.1. The van der Waals surface area contributed by atoms with Crippen LogP contribution in [0.3, 0.4) is 0 Å². The Morgan fingerprint density at radius 2 is 2.23 bits per heavy atom. The summed E-state index contributed by atoms with van der Waals surface area (Å²) in [6, 6.07) is 8.70. The molecule has 0 saturated heterocycles. The van der Waals surface area contributed by atoms with Gasteiger partial charge in [0.25, 0.3) is 5.91 Å². The first-order valence-corrected chi connectivity index (χ1v) is 8.37. The molecular weight excluding hydrogens is 319 g/mol. The van der Waals surface area contributed by atoms with Crippen LogP contribution in [-0.2, 0) is 17.8 Å². The van der Waals surface area contributed by atoms with E-state index in [0.29, 0.717) is 16.9 Å². The Bertz CT molecular complexity index is 891. The molecule has 0 aliphatic heterocycles. The quantitative estimate of drug-likeness (QED) is 0.670. The number of fused-ring (bicyclic) bond motifs is 1. The highest BCUT2D eigenvalue weighted by molar-refractivity contribution is 7.16. The highest BCUT2D eigenvalue weighted by atomic mass is 32.1. The second-order valence-electron chi connectivity index (χ2n) is 4.63. The van der Waals surface area contributed by atoms with Crippen molar-refractivity contribution in [3.05, 3.63) is 63.9 Å². The summed E-state index contributed by atoms with van der Waals surface area (Å²) in [5.74, 6) is -0.546. The van der Waals surface area contributed by atoms with Gasteiger partial charge in [-0.05, 0) is 23.6 Å². The van der Waals surface area contributed by atoms with Crippen LogP contribution in [0.4, 0.5) is 4.39 Å². The number of amides is 1. The molecule has 6 heteroatoms. The summed E-state index contributed by atoms with van der Waals surface area (Å²) in [6.07, 6.45) is 1.93. The van der Waals surface area contributed by atoms with E-state index in [-0.39, 0.29) is 18.1 Å². The van der Waals surface area contributed by atoms with Gasteiger partial charge in [0, 0.05) is 11.4 Å². The number of halogens is 1. The van der Waals surface area contributed by atoms with Crippen molar-refractivity contribution in [3.63, 3.8) is 0 Å². The van der Waals surface area contributed by atoms with Gasteiger partial charge in [0.1, 0.15) is 5.82 Å². The molecule has 1 amide bonds. The fourth-order valence-electron chi connectivity index (χ4n) is 2.18. The summed E-state index contributed by atoms with van der Waals surface area (Å²) in [5, 5.41) is 1.93. The molecule has 0 spiro atoms. The van der Waals surface area contributed by atoms with E-state index >= 15 is 0 Å². The van der Waals surface area contributed by atoms with E-state index < -0.39 is 0 Å². The summed E-state index contributed by atoms with van der Waals surface area (Å²) in [5.41, 5.74) is 0.468. The number of rotatable bonds is 4. The zero-order chi connectivity index (χ0) is 15.5. The molecule has 0 N–H and O–H groups in total. The maximum Gasteiger partial charge on any atom is 0.253 e. The van der Waals surface area contributed by atoms with Gasteiger partial charge in [0.05, 0.1) is 16.6 Å². The third kappa shape index (κ3) is 2.93. The van der Waals surface area contributed by atoms with E-state index in [2.05, 4.69) is 11.6 Å². The molecule has 3 nitrogen and oxygen atoms in total. The number of hydrogen-bond acceptors (Lipinski definition) is 3. The molecule has 1 aromatic carbocycles. The molecule has 112 valence electrons. The standard InChI is InChI=1S/C16H13FN2OS2/c1-2-8-19-15-12(17)6-3-7-13(15)22-16(19)18-14(20)10-11-5-4-9-21-11/h2-7,9H,1,8,10H2. The maximum absolute atomic E-state index is 14.1. The largest absolute Gasteiger partial charge is 0.310 e. The van der Waals surface area contributed by atoms with Crippen LogP contribution >= 0.6 is 22.7 Å². The van der Waals surface area contributed by atoms with E-state index in [4.69, 9.17) is 0 Å². The van der Waals surface area contributed by atoms with Crippen molar-refractivity contribution >= 4 is 38.8 Å². The average Bonchev–Trinajstić information content (AvgIpc) is 3.09. The van der Waals surface area contributed by atoms with E-state index in [1.165, 1.54) is 28.7 Å². The minimum Gasteiger partial charge on any atom is -0.310 e. The van der Waals surface area contributed by atoms with Gasteiger partial charge < -0.3 is 4.57 Å². The Kier molecular flexibility index (Phi) is 4.31. The summed E-state index contributed by atoms with van der Waals surface area (Å²) < 4.78 is 16.5.